The molecule has 0 N–H and O–H groups in total. The third-order valence-corrected chi connectivity index (χ3v) is 5.41. The first kappa shape index (κ1) is 14.5. The molecule has 3 rings (SSSR count). The van der Waals surface area contributed by atoms with Crippen molar-refractivity contribution in [3.63, 3.8) is 0 Å². The Bertz CT molecular complexity index is 636. The molecule has 0 bridgehead atoms. The Kier molecular flexibility index (Phi) is 4.16. The van der Waals surface area contributed by atoms with E-state index in [9.17, 15) is 0 Å². The molecule has 1 fully saturated rings. The molecule has 0 radical (unpaired) electrons. The fraction of sp³-hybridized carbons (Fsp3) is 0.533. The van der Waals surface area contributed by atoms with E-state index >= 15 is 0 Å². The van der Waals surface area contributed by atoms with Gasteiger partial charge in [-0.2, -0.15) is 0 Å². The maximum absolute atomic E-state index is 6.15. The van der Waals surface area contributed by atoms with Gasteiger partial charge in [0.25, 0.3) is 0 Å². The van der Waals surface area contributed by atoms with Gasteiger partial charge in [-0.15, -0.1) is 11.6 Å². The van der Waals surface area contributed by atoms with E-state index in [1.807, 2.05) is 12.1 Å². The highest BCUT2D eigenvalue weighted by Crippen LogP contribution is 2.35. The standard InChI is InChI=1S/C15H17Cl3N2/c1-9-3-2-4-10(9)8-20-14-6-12(18)11(17)5-13(14)19-15(20)7-16/h5-6,9-10H,2-4,7-8H2,1H3. The molecule has 1 saturated carbocycles. The summed E-state index contributed by atoms with van der Waals surface area (Å²) in [6.45, 7) is 3.30. The number of fused-ring (bicyclic) bond motifs is 1. The average Bonchev–Trinajstić information content (AvgIpc) is 2.96. The van der Waals surface area contributed by atoms with Gasteiger partial charge in [0.15, 0.2) is 0 Å². The van der Waals surface area contributed by atoms with Gasteiger partial charge in [-0.1, -0.05) is 43.0 Å². The summed E-state index contributed by atoms with van der Waals surface area (Å²) in [5.41, 5.74) is 1.91. The van der Waals surface area contributed by atoms with E-state index in [4.69, 9.17) is 34.8 Å². The molecule has 1 aliphatic carbocycles. The Labute approximate surface area is 134 Å². The zero-order chi connectivity index (χ0) is 14.3. The van der Waals surface area contributed by atoms with Crippen LogP contribution in [0.3, 0.4) is 0 Å². The van der Waals surface area contributed by atoms with Crippen molar-refractivity contribution in [2.24, 2.45) is 11.8 Å². The van der Waals surface area contributed by atoms with Crippen molar-refractivity contribution in [3.8, 4) is 0 Å². The summed E-state index contributed by atoms with van der Waals surface area (Å²) in [5, 5.41) is 1.11. The minimum absolute atomic E-state index is 0.408. The van der Waals surface area contributed by atoms with Gasteiger partial charge in [0, 0.05) is 6.54 Å². The molecule has 108 valence electrons. The monoisotopic (exact) mass is 330 g/mol. The van der Waals surface area contributed by atoms with Gasteiger partial charge in [0.05, 0.1) is 27.0 Å². The highest BCUT2D eigenvalue weighted by atomic mass is 35.5. The summed E-state index contributed by atoms with van der Waals surface area (Å²) in [4.78, 5) is 4.59. The number of alkyl halides is 1. The van der Waals surface area contributed by atoms with Crippen molar-refractivity contribution in [1.82, 2.24) is 9.55 Å². The van der Waals surface area contributed by atoms with Crippen molar-refractivity contribution in [2.45, 2.75) is 38.6 Å². The predicted octanol–water partition coefficient (Wildman–Crippen LogP) is 5.52. The molecule has 0 spiro atoms. The molecule has 20 heavy (non-hydrogen) atoms. The van der Waals surface area contributed by atoms with E-state index in [-0.39, 0.29) is 0 Å². The zero-order valence-corrected chi connectivity index (χ0v) is 13.6. The van der Waals surface area contributed by atoms with Crippen LogP contribution in [0, 0.1) is 11.8 Å². The van der Waals surface area contributed by atoms with Crippen LogP contribution in [0.4, 0.5) is 0 Å². The summed E-state index contributed by atoms with van der Waals surface area (Å²) >= 11 is 18.3. The summed E-state index contributed by atoms with van der Waals surface area (Å²) in [6.07, 6.45) is 3.92. The van der Waals surface area contributed by atoms with Crippen LogP contribution in [-0.2, 0) is 12.4 Å². The van der Waals surface area contributed by atoms with E-state index in [1.165, 1.54) is 19.3 Å². The maximum atomic E-state index is 6.15. The number of aromatic nitrogens is 2. The van der Waals surface area contributed by atoms with Gasteiger partial charge in [-0.05, 0) is 30.4 Å². The van der Waals surface area contributed by atoms with Crippen molar-refractivity contribution in [3.05, 3.63) is 28.0 Å². The van der Waals surface area contributed by atoms with Crippen LogP contribution < -0.4 is 0 Å². The molecule has 1 heterocycles. The molecule has 1 aliphatic rings. The second-order valence-corrected chi connectivity index (χ2v) is 6.78. The first-order chi connectivity index (χ1) is 9.60. The van der Waals surface area contributed by atoms with Crippen molar-refractivity contribution < 1.29 is 0 Å². The molecule has 0 amide bonds. The minimum atomic E-state index is 0.408. The SMILES string of the molecule is CC1CCCC1Cn1c(CCl)nc2cc(Cl)c(Cl)cc21. The van der Waals surface area contributed by atoms with Crippen molar-refractivity contribution in [2.75, 3.05) is 0 Å². The molecule has 2 aromatic rings. The Balaban J connectivity index is 2.05. The van der Waals surface area contributed by atoms with Crippen LogP contribution in [0.5, 0.6) is 0 Å². The van der Waals surface area contributed by atoms with Crippen molar-refractivity contribution in [1.29, 1.82) is 0 Å². The van der Waals surface area contributed by atoms with E-state index in [1.54, 1.807) is 0 Å². The van der Waals surface area contributed by atoms with Gasteiger partial charge < -0.3 is 4.57 Å². The zero-order valence-electron chi connectivity index (χ0n) is 11.4. The van der Waals surface area contributed by atoms with E-state index in [2.05, 4.69) is 16.5 Å². The minimum Gasteiger partial charge on any atom is -0.327 e. The second-order valence-electron chi connectivity index (χ2n) is 5.70. The number of rotatable bonds is 3. The molecular formula is C15H17Cl3N2. The van der Waals surface area contributed by atoms with E-state index in [0.717, 1.165) is 29.3 Å². The molecule has 2 unspecified atom stereocenters. The predicted molar refractivity (Wildman–Crippen MR) is 85.8 cm³/mol. The molecule has 1 aromatic heterocycles. The quantitative estimate of drug-likeness (QED) is 0.677. The van der Waals surface area contributed by atoms with Crippen LogP contribution in [-0.4, -0.2) is 9.55 Å². The van der Waals surface area contributed by atoms with E-state index in [0.29, 0.717) is 21.8 Å². The lowest BCUT2D eigenvalue weighted by atomic mass is 9.98. The number of nitrogens with zero attached hydrogens (tertiary/aromatic N) is 2. The number of halogens is 3. The highest BCUT2D eigenvalue weighted by Gasteiger charge is 2.25. The van der Waals surface area contributed by atoms with Gasteiger partial charge in [-0.3, -0.25) is 0 Å². The molecular weight excluding hydrogens is 315 g/mol. The summed E-state index contributed by atoms with van der Waals surface area (Å²) < 4.78 is 2.22. The Hall–Kier alpha value is -0.440. The van der Waals surface area contributed by atoms with Crippen LogP contribution in [0.15, 0.2) is 12.1 Å². The normalized spacial score (nSPS) is 22.8. The van der Waals surface area contributed by atoms with Crippen LogP contribution in [0.2, 0.25) is 10.0 Å². The summed E-state index contributed by atoms with van der Waals surface area (Å²) in [6, 6.07) is 3.73. The Morgan fingerprint density at radius 3 is 2.65 bits per heavy atom. The number of hydrogen-bond acceptors (Lipinski definition) is 1. The Morgan fingerprint density at radius 2 is 2.00 bits per heavy atom. The summed E-state index contributed by atoms with van der Waals surface area (Å²) in [7, 11) is 0. The molecule has 0 saturated heterocycles. The van der Waals surface area contributed by atoms with E-state index < -0.39 is 0 Å². The molecule has 2 nitrogen and oxygen atoms in total. The van der Waals surface area contributed by atoms with Crippen molar-refractivity contribution >= 4 is 45.8 Å². The maximum Gasteiger partial charge on any atom is 0.124 e. The largest absolute Gasteiger partial charge is 0.327 e. The van der Waals surface area contributed by atoms with Gasteiger partial charge >= 0.3 is 0 Å². The molecule has 2 atom stereocenters. The number of benzene rings is 1. The summed E-state index contributed by atoms with van der Waals surface area (Å²) in [5.74, 6) is 2.77. The van der Waals surface area contributed by atoms with Crippen LogP contribution in [0.1, 0.15) is 32.0 Å². The number of hydrogen-bond donors (Lipinski definition) is 0. The Morgan fingerprint density at radius 1 is 1.25 bits per heavy atom. The van der Waals surface area contributed by atoms with Gasteiger partial charge in [-0.25, -0.2) is 4.98 Å². The van der Waals surface area contributed by atoms with Crippen LogP contribution in [0.25, 0.3) is 11.0 Å². The topological polar surface area (TPSA) is 17.8 Å². The van der Waals surface area contributed by atoms with Gasteiger partial charge in [0.1, 0.15) is 5.82 Å². The number of imidazole rings is 1. The fourth-order valence-electron chi connectivity index (χ4n) is 3.20. The molecule has 0 aliphatic heterocycles. The third kappa shape index (κ3) is 2.54. The van der Waals surface area contributed by atoms with Crippen LogP contribution >= 0.6 is 34.8 Å². The highest BCUT2D eigenvalue weighted by molar-refractivity contribution is 6.42. The first-order valence-corrected chi connectivity index (χ1v) is 8.29. The lowest BCUT2D eigenvalue weighted by molar-refractivity contribution is 0.364. The second kappa shape index (κ2) is 5.75. The third-order valence-electron chi connectivity index (χ3n) is 4.45. The van der Waals surface area contributed by atoms with Gasteiger partial charge in [0.2, 0.25) is 0 Å². The molecule has 5 heteroatoms. The smallest absolute Gasteiger partial charge is 0.124 e. The first-order valence-electron chi connectivity index (χ1n) is 7.00. The average molecular weight is 332 g/mol. The lowest BCUT2D eigenvalue weighted by Crippen LogP contribution is -2.14. The molecule has 1 aromatic carbocycles. The fourth-order valence-corrected chi connectivity index (χ4v) is 3.72. The lowest BCUT2D eigenvalue weighted by Gasteiger charge is -2.18.